The molecule has 34 heavy (non-hydrogen) atoms. The summed E-state index contributed by atoms with van der Waals surface area (Å²) in [5, 5.41) is 11.9. The average Bonchev–Trinajstić information content (AvgIpc) is 3.34. The van der Waals surface area contributed by atoms with Gasteiger partial charge in [-0.05, 0) is 69.0 Å². The minimum Gasteiger partial charge on any atom is -0.325 e. The maximum atomic E-state index is 12.9. The van der Waals surface area contributed by atoms with E-state index >= 15 is 0 Å². The van der Waals surface area contributed by atoms with Crippen LogP contribution >= 0.6 is 11.8 Å². The molecule has 0 unspecified atom stereocenters. The number of thioether (sulfide) groups is 1. The quantitative estimate of drug-likeness (QED) is 0.473. The summed E-state index contributed by atoms with van der Waals surface area (Å²) in [6.45, 7) is 2.94. The van der Waals surface area contributed by atoms with Gasteiger partial charge in [-0.3, -0.25) is 14.3 Å². The van der Waals surface area contributed by atoms with Crippen molar-refractivity contribution < 1.29 is 13.2 Å². The number of pyridine rings is 1. The number of nitrogens with zero attached hydrogens (tertiary/aromatic N) is 5. The van der Waals surface area contributed by atoms with Crippen molar-refractivity contribution in [1.82, 2.24) is 24.1 Å². The highest BCUT2D eigenvalue weighted by molar-refractivity contribution is 8.00. The van der Waals surface area contributed by atoms with E-state index in [-0.39, 0.29) is 10.8 Å². The molecule has 2 aromatic heterocycles. The van der Waals surface area contributed by atoms with Crippen LogP contribution in [0.4, 0.5) is 5.69 Å². The molecule has 1 N–H and O–H groups in total. The number of carbonyl (C=O) groups excluding carboxylic acids is 1. The van der Waals surface area contributed by atoms with Gasteiger partial charge in [-0.1, -0.05) is 11.8 Å². The Morgan fingerprint density at radius 3 is 2.38 bits per heavy atom. The van der Waals surface area contributed by atoms with Crippen LogP contribution in [0.5, 0.6) is 0 Å². The summed E-state index contributed by atoms with van der Waals surface area (Å²) >= 11 is 1.36. The van der Waals surface area contributed by atoms with Crippen LogP contribution in [0.1, 0.15) is 38.6 Å². The van der Waals surface area contributed by atoms with Crippen molar-refractivity contribution in [2.75, 3.05) is 18.4 Å². The molecule has 0 bridgehead atoms. The topological polar surface area (TPSA) is 110 Å². The van der Waals surface area contributed by atoms with Crippen molar-refractivity contribution >= 4 is 33.4 Å². The van der Waals surface area contributed by atoms with Crippen LogP contribution in [-0.4, -0.2) is 56.7 Å². The second kappa shape index (κ2) is 9.47. The number of benzene rings is 1. The number of amides is 1. The third kappa shape index (κ3) is 4.73. The third-order valence-corrected chi connectivity index (χ3v) is 8.96. The van der Waals surface area contributed by atoms with Gasteiger partial charge >= 0.3 is 0 Å². The Hall–Kier alpha value is -2.76. The molecule has 3 aromatic rings. The zero-order valence-electron chi connectivity index (χ0n) is 18.8. The summed E-state index contributed by atoms with van der Waals surface area (Å²) in [6.07, 6.45) is 7.37. The zero-order chi connectivity index (χ0) is 23.7. The van der Waals surface area contributed by atoms with Gasteiger partial charge in [-0.2, -0.15) is 4.31 Å². The van der Waals surface area contributed by atoms with E-state index in [9.17, 15) is 13.2 Å². The maximum absolute atomic E-state index is 12.9. The summed E-state index contributed by atoms with van der Waals surface area (Å²) < 4.78 is 29.0. The Morgan fingerprint density at radius 1 is 1.06 bits per heavy atom. The lowest BCUT2D eigenvalue weighted by atomic mass is 10.2. The fourth-order valence-electron chi connectivity index (χ4n) is 3.96. The van der Waals surface area contributed by atoms with E-state index in [0.717, 1.165) is 37.1 Å². The van der Waals surface area contributed by atoms with Crippen LogP contribution in [0, 0.1) is 0 Å². The Balaban J connectivity index is 1.26. The Kier molecular flexibility index (Phi) is 6.41. The van der Waals surface area contributed by atoms with Crippen LogP contribution in [0.2, 0.25) is 0 Å². The lowest BCUT2D eigenvalue weighted by Crippen LogP contribution is -2.27. The zero-order valence-corrected chi connectivity index (χ0v) is 20.4. The molecular formula is C23H26N6O3S2. The molecule has 1 aliphatic carbocycles. The molecule has 0 spiro atoms. The Labute approximate surface area is 203 Å². The standard InChI is InChI=1S/C23H26N6O3S2/c1-16(33-23-27-26-21(29(23)19-6-7-19)17-10-12-24-13-11-17)22(30)25-18-4-8-20(9-5-18)34(31,32)28-14-2-3-15-28/h4-5,8-13,16,19H,2-3,6-7,14-15H2,1H3,(H,25,30)/t16-/m0/s1. The highest BCUT2D eigenvalue weighted by Gasteiger charge is 2.32. The molecule has 1 saturated carbocycles. The summed E-state index contributed by atoms with van der Waals surface area (Å²) in [6, 6.07) is 10.5. The smallest absolute Gasteiger partial charge is 0.243 e. The number of nitrogens with one attached hydrogen (secondary N) is 1. The first-order valence-corrected chi connectivity index (χ1v) is 13.7. The van der Waals surface area contributed by atoms with Gasteiger partial charge in [0.25, 0.3) is 0 Å². The first-order valence-electron chi connectivity index (χ1n) is 11.4. The van der Waals surface area contributed by atoms with Gasteiger partial charge in [0, 0.05) is 42.8 Å². The van der Waals surface area contributed by atoms with E-state index in [1.165, 1.54) is 16.1 Å². The fourth-order valence-corrected chi connectivity index (χ4v) is 6.40. The van der Waals surface area contributed by atoms with Crippen molar-refractivity contribution in [3.05, 3.63) is 48.8 Å². The summed E-state index contributed by atoms with van der Waals surface area (Å²) in [4.78, 5) is 17.2. The number of hydrogen-bond acceptors (Lipinski definition) is 7. The Morgan fingerprint density at radius 2 is 1.74 bits per heavy atom. The SMILES string of the molecule is C[C@H](Sc1nnc(-c2ccncc2)n1C1CC1)C(=O)Nc1ccc(S(=O)(=O)N2CCCC2)cc1. The van der Waals surface area contributed by atoms with Crippen LogP contribution in [0.25, 0.3) is 11.4 Å². The number of sulfonamides is 1. The number of carbonyl (C=O) groups is 1. The van der Waals surface area contributed by atoms with Crippen LogP contribution in [0.15, 0.2) is 58.8 Å². The molecule has 3 heterocycles. The predicted octanol–water partition coefficient (Wildman–Crippen LogP) is 3.58. The number of anilines is 1. The highest BCUT2D eigenvalue weighted by Crippen LogP contribution is 2.41. The molecular weight excluding hydrogens is 472 g/mol. The minimum absolute atomic E-state index is 0.184. The fraction of sp³-hybridized carbons (Fsp3) is 0.391. The van der Waals surface area contributed by atoms with E-state index in [4.69, 9.17) is 0 Å². The van der Waals surface area contributed by atoms with Crippen LogP contribution < -0.4 is 5.32 Å². The van der Waals surface area contributed by atoms with E-state index in [1.54, 1.807) is 36.7 Å². The van der Waals surface area contributed by atoms with Gasteiger partial charge in [0.2, 0.25) is 15.9 Å². The van der Waals surface area contributed by atoms with Gasteiger partial charge in [0.05, 0.1) is 10.1 Å². The van der Waals surface area contributed by atoms with Crippen molar-refractivity contribution in [2.24, 2.45) is 0 Å². The molecule has 2 fully saturated rings. The first-order chi connectivity index (χ1) is 16.4. The monoisotopic (exact) mass is 498 g/mol. The molecule has 9 nitrogen and oxygen atoms in total. The molecule has 11 heteroatoms. The molecule has 0 radical (unpaired) electrons. The molecule has 178 valence electrons. The van der Waals surface area contributed by atoms with E-state index < -0.39 is 15.3 Å². The van der Waals surface area contributed by atoms with Gasteiger partial charge in [0.15, 0.2) is 11.0 Å². The molecule has 1 aromatic carbocycles. The van der Waals surface area contributed by atoms with E-state index in [1.807, 2.05) is 19.1 Å². The number of hydrogen-bond donors (Lipinski definition) is 1. The molecule has 1 atom stereocenters. The lowest BCUT2D eigenvalue weighted by molar-refractivity contribution is -0.115. The molecule has 1 amide bonds. The van der Waals surface area contributed by atoms with Crippen molar-refractivity contribution in [3.8, 4) is 11.4 Å². The summed E-state index contributed by atoms with van der Waals surface area (Å²) in [7, 11) is -3.47. The van der Waals surface area contributed by atoms with E-state index in [0.29, 0.717) is 30.0 Å². The van der Waals surface area contributed by atoms with Crippen molar-refractivity contribution in [2.45, 2.75) is 54.0 Å². The van der Waals surface area contributed by atoms with Crippen LogP contribution in [0.3, 0.4) is 0 Å². The number of aromatic nitrogens is 4. The van der Waals surface area contributed by atoms with Crippen LogP contribution in [-0.2, 0) is 14.8 Å². The molecule has 2 aliphatic rings. The normalized spacial score (nSPS) is 17.6. The molecule has 1 aliphatic heterocycles. The Bertz CT molecular complexity index is 1270. The largest absolute Gasteiger partial charge is 0.325 e. The van der Waals surface area contributed by atoms with Gasteiger partial charge in [-0.15, -0.1) is 10.2 Å². The first kappa shape index (κ1) is 23.0. The van der Waals surface area contributed by atoms with Crippen molar-refractivity contribution in [1.29, 1.82) is 0 Å². The highest BCUT2D eigenvalue weighted by atomic mass is 32.2. The lowest BCUT2D eigenvalue weighted by Gasteiger charge is -2.16. The summed E-state index contributed by atoms with van der Waals surface area (Å²) in [5.41, 5.74) is 1.50. The molecule has 1 saturated heterocycles. The van der Waals surface area contributed by atoms with Gasteiger partial charge < -0.3 is 5.32 Å². The minimum atomic E-state index is -3.47. The average molecular weight is 499 g/mol. The van der Waals surface area contributed by atoms with E-state index in [2.05, 4.69) is 25.1 Å². The van der Waals surface area contributed by atoms with Gasteiger partial charge in [0.1, 0.15) is 0 Å². The molecule has 5 rings (SSSR count). The predicted molar refractivity (Wildman–Crippen MR) is 130 cm³/mol. The third-order valence-electron chi connectivity index (χ3n) is 5.99. The van der Waals surface area contributed by atoms with Crippen molar-refractivity contribution in [3.63, 3.8) is 0 Å². The maximum Gasteiger partial charge on any atom is 0.243 e. The summed E-state index contributed by atoms with van der Waals surface area (Å²) in [5.74, 6) is 0.603. The van der Waals surface area contributed by atoms with Gasteiger partial charge in [-0.25, -0.2) is 8.42 Å². The second-order valence-electron chi connectivity index (χ2n) is 8.53. The number of rotatable bonds is 8. The second-order valence-corrected chi connectivity index (χ2v) is 11.8.